The summed E-state index contributed by atoms with van der Waals surface area (Å²) < 4.78 is 0.906. The number of carbonyl (C=O) groups is 1. The van der Waals surface area contributed by atoms with Crippen molar-refractivity contribution in [2.75, 3.05) is 17.7 Å². The third-order valence-corrected chi connectivity index (χ3v) is 3.66. The van der Waals surface area contributed by atoms with Gasteiger partial charge in [-0.05, 0) is 48.0 Å². The topological polar surface area (TPSA) is 66.9 Å². The molecule has 0 aromatic carbocycles. The van der Waals surface area contributed by atoms with E-state index in [0.717, 1.165) is 21.5 Å². The molecule has 0 spiro atoms. The molecule has 0 aliphatic heterocycles. The highest BCUT2D eigenvalue weighted by molar-refractivity contribution is 9.10. The quantitative estimate of drug-likeness (QED) is 0.904. The van der Waals surface area contributed by atoms with Gasteiger partial charge in [0, 0.05) is 23.4 Å². The van der Waals surface area contributed by atoms with Gasteiger partial charge in [-0.15, -0.1) is 0 Å². The van der Waals surface area contributed by atoms with E-state index in [9.17, 15) is 4.79 Å². The van der Waals surface area contributed by atoms with Gasteiger partial charge in [0.25, 0.3) is 5.91 Å². The van der Waals surface area contributed by atoms with E-state index in [4.69, 9.17) is 0 Å². The lowest BCUT2D eigenvalue weighted by atomic mass is 10.2. The average molecular weight is 335 g/mol. The minimum Gasteiger partial charge on any atom is -0.387 e. The summed E-state index contributed by atoms with van der Waals surface area (Å²) in [6.45, 7) is 3.74. The van der Waals surface area contributed by atoms with Crippen LogP contribution >= 0.6 is 15.9 Å². The molecule has 5 nitrogen and oxygen atoms in total. The van der Waals surface area contributed by atoms with E-state index in [1.807, 2.05) is 26.0 Å². The maximum atomic E-state index is 12.3. The maximum absolute atomic E-state index is 12.3. The van der Waals surface area contributed by atoms with E-state index in [1.54, 1.807) is 19.3 Å². The Balaban J connectivity index is 2.25. The fourth-order valence-corrected chi connectivity index (χ4v) is 1.97. The molecule has 2 aromatic heterocycles. The van der Waals surface area contributed by atoms with Gasteiger partial charge in [0.1, 0.15) is 5.82 Å². The van der Waals surface area contributed by atoms with Gasteiger partial charge in [-0.2, -0.15) is 0 Å². The second-order valence-electron chi connectivity index (χ2n) is 4.34. The Bertz CT molecular complexity index is 658. The highest BCUT2D eigenvalue weighted by atomic mass is 79.9. The molecule has 2 heterocycles. The summed E-state index contributed by atoms with van der Waals surface area (Å²) >= 11 is 3.38. The van der Waals surface area contributed by atoms with Gasteiger partial charge in [0.05, 0.1) is 16.9 Å². The van der Waals surface area contributed by atoms with Crippen molar-refractivity contribution in [3.63, 3.8) is 0 Å². The number of nitrogens with one attached hydrogen (secondary N) is 2. The molecule has 2 N–H and O–H groups in total. The van der Waals surface area contributed by atoms with E-state index in [-0.39, 0.29) is 5.91 Å². The standard InChI is InChI=1S/C14H15BrN4O/c1-8-6-12(16-3)10(7-17-8)14(20)19-13-5-4-11(15)9(2)18-13/h4-7H,1-3H3,(H,16,17)(H,18,19,20). The molecule has 0 fully saturated rings. The van der Waals surface area contributed by atoms with E-state index in [2.05, 4.69) is 36.5 Å². The third-order valence-electron chi connectivity index (χ3n) is 2.82. The van der Waals surface area contributed by atoms with Crippen molar-refractivity contribution in [3.05, 3.63) is 45.8 Å². The van der Waals surface area contributed by atoms with Crippen molar-refractivity contribution in [3.8, 4) is 0 Å². The summed E-state index contributed by atoms with van der Waals surface area (Å²) in [5.74, 6) is 0.273. The number of carbonyl (C=O) groups excluding carboxylic acids is 1. The molecule has 20 heavy (non-hydrogen) atoms. The Morgan fingerprint density at radius 1 is 1.30 bits per heavy atom. The van der Waals surface area contributed by atoms with E-state index < -0.39 is 0 Å². The molecular formula is C14H15BrN4O. The molecule has 0 aliphatic carbocycles. The normalized spacial score (nSPS) is 10.2. The fourth-order valence-electron chi connectivity index (χ4n) is 1.74. The highest BCUT2D eigenvalue weighted by Gasteiger charge is 2.12. The Hall–Kier alpha value is -1.95. The molecule has 2 aromatic rings. The fraction of sp³-hybridized carbons (Fsp3) is 0.214. The molecule has 0 atom stereocenters. The molecule has 0 saturated heterocycles. The van der Waals surface area contributed by atoms with Crippen LogP contribution in [-0.2, 0) is 0 Å². The Morgan fingerprint density at radius 2 is 2.05 bits per heavy atom. The maximum Gasteiger partial charge on any atom is 0.260 e. The SMILES string of the molecule is CNc1cc(C)ncc1C(=O)Nc1ccc(Br)c(C)n1. The number of nitrogens with zero attached hydrogens (tertiary/aromatic N) is 2. The summed E-state index contributed by atoms with van der Waals surface area (Å²) in [5, 5.41) is 5.76. The van der Waals surface area contributed by atoms with Crippen molar-refractivity contribution in [1.29, 1.82) is 0 Å². The van der Waals surface area contributed by atoms with Crippen LogP contribution in [0.4, 0.5) is 11.5 Å². The monoisotopic (exact) mass is 334 g/mol. The Morgan fingerprint density at radius 3 is 2.70 bits per heavy atom. The van der Waals surface area contributed by atoms with Crippen LogP contribution < -0.4 is 10.6 Å². The second kappa shape index (κ2) is 6.00. The summed E-state index contributed by atoms with van der Waals surface area (Å²) in [4.78, 5) is 20.7. The zero-order chi connectivity index (χ0) is 14.7. The number of pyridine rings is 2. The zero-order valence-electron chi connectivity index (χ0n) is 11.5. The van der Waals surface area contributed by atoms with Crippen molar-refractivity contribution in [1.82, 2.24) is 9.97 Å². The van der Waals surface area contributed by atoms with Crippen molar-refractivity contribution >= 4 is 33.3 Å². The largest absolute Gasteiger partial charge is 0.387 e. The summed E-state index contributed by atoms with van der Waals surface area (Å²) in [5.41, 5.74) is 2.89. The molecule has 0 saturated carbocycles. The van der Waals surface area contributed by atoms with E-state index in [0.29, 0.717) is 11.4 Å². The first-order valence-corrected chi connectivity index (χ1v) is 6.89. The lowest BCUT2D eigenvalue weighted by molar-refractivity contribution is 0.102. The number of hydrogen-bond acceptors (Lipinski definition) is 4. The first-order valence-electron chi connectivity index (χ1n) is 6.10. The van der Waals surface area contributed by atoms with Gasteiger partial charge in [-0.1, -0.05) is 0 Å². The van der Waals surface area contributed by atoms with Crippen LogP contribution in [0, 0.1) is 13.8 Å². The van der Waals surface area contributed by atoms with Gasteiger partial charge in [0.15, 0.2) is 0 Å². The van der Waals surface area contributed by atoms with E-state index >= 15 is 0 Å². The van der Waals surface area contributed by atoms with Crippen LogP contribution in [0.15, 0.2) is 28.9 Å². The summed E-state index contributed by atoms with van der Waals surface area (Å²) in [6.07, 6.45) is 1.56. The molecular weight excluding hydrogens is 320 g/mol. The predicted octanol–water partition coefficient (Wildman–Crippen LogP) is 3.15. The minimum atomic E-state index is -0.240. The van der Waals surface area contributed by atoms with Crippen molar-refractivity contribution < 1.29 is 4.79 Å². The number of aryl methyl sites for hydroxylation is 2. The van der Waals surface area contributed by atoms with Gasteiger partial charge >= 0.3 is 0 Å². The van der Waals surface area contributed by atoms with Gasteiger partial charge in [0.2, 0.25) is 0 Å². The number of rotatable bonds is 3. The zero-order valence-corrected chi connectivity index (χ0v) is 13.1. The molecule has 6 heteroatoms. The van der Waals surface area contributed by atoms with Crippen molar-refractivity contribution in [2.24, 2.45) is 0 Å². The number of hydrogen-bond donors (Lipinski definition) is 2. The first-order chi connectivity index (χ1) is 9.51. The molecule has 0 bridgehead atoms. The van der Waals surface area contributed by atoms with Gasteiger partial charge < -0.3 is 10.6 Å². The number of halogens is 1. The molecule has 2 rings (SSSR count). The first kappa shape index (κ1) is 14.5. The molecule has 1 amide bonds. The minimum absolute atomic E-state index is 0.240. The highest BCUT2D eigenvalue weighted by Crippen LogP contribution is 2.19. The van der Waals surface area contributed by atoms with Crippen LogP contribution in [0.25, 0.3) is 0 Å². The Labute approximate surface area is 126 Å². The van der Waals surface area contributed by atoms with Crippen LogP contribution in [0.2, 0.25) is 0 Å². The molecule has 104 valence electrons. The lowest BCUT2D eigenvalue weighted by Gasteiger charge is -2.10. The van der Waals surface area contributed by atoms with E-state index in [1.165, 1.54) is 0 Å². The lowest BCUT2D eigenvalue weighted by Crippen LogP contribution is -2.15. The van der Waals surface area contributed by atoms with Gasteiger partial charge in [-0.3, -0.25) is 9.78 Å². The molecule has 0 radical (unpaired) electrons. The van der Waals surface area contributed by atoms with Crippen LogP contribution in [-0.4, -0.2) is 22.9 Å². The molecule has 0 aliphatic rings. The summed E-state index contributed by atoms with van der Waals surface area (Å²) in [6, 6.07) is 5.43. The third kappa shape index (κ3) is 3.14. The van der Waals surface area contributed by atoms with Crippen LogP contribution in [0.3, 0.4) is 0 Å². The number of aromatic nitrogens is 2. The van der Waals surface area contributed by atoms with Crippen LogP contribution in [0.1, 0.15) is 21.7 Å². The Kier molecular flexibility index (Phi) is 4.34. The average Bonchev–Trinajstić information content (AvgIpc) is 2.42. The predicted molar refractivity (Wildman–Crippen MR) is 83.1 cm³/mol. The number of anilines is 2. The van der Waals surface area contributed by atoms with Crippen molar-refractivity contribution in [2.45, 2.75) is 13.8 Å². The second-order valence-corrected chi connectivity index (χ2v) is 5.19. The van der Waals surface area contributed by atoms with Gasteiger partial charge in [-0.25, -0.2) is 4.98 Å². The number of amides is 1. The molecule has 0 unspecified atom stereocenters. The van der Waals surface area contributed by atoms with Crippen LogP contribution in [0.5, 0.6) is 0 Å². The smallest absolute Gasteiger partial charge is 0.260 e. The summed E-state index contributed by atoms with van der Waals surface area (Å²) in [7, 11) is 1.77.